The summed E-state index contributed by atoms with van der Waals surface area (Å²) in [5.41, 5.74) is 0.472. The van der Waals surface area contributed by atoms with E-state index in [0.717, 1.165) is 12.3 Å². The molecular weight excluding hydrogens is 394 g/mol. The molecule has 0 saturated carbocycles. The predicted octanol–water partition coefficient (Wildman–Crippen LogP) is 2.15. The third kappa shape index (κ3) is 5.71. The Balaban J connectivity index is 1.63. The van der Waals surface area contributed by atoms with Crippen molar-refractivity contribution in [2.75, 3.05) is 6.61 Å². The lowest BCUT2D eigenvalue weighted by atomic mass is 10.2. The van der Waals surface area contributed by atoms with Crippen LogP contribution in [0.25, 0.3) is 11.3 Å². The molecule has 3 rings (SSSR count). The van der Waals surface area contributed by atoms with Gasteiger partial charge in [-0.05, 0) is 12.1 Å². The van der Waals surface area contributed by atoms with Gasteiger partial charge in [0, 0.05) is 32.6 Å². The number of rotatable bonds is 9. The summed E-state index contributed by atoms with van der Waals surface area (Å²) in [6.45, 7) is 7.92. The average molecular weight is 417 g/mol. The molecule has 0 aromatic carbocycles. The minimum Gasteiger partial charge on any atom is -0.476 e. The molecule has 29 heavy (non-hydrogen) atoms. The van der Waals surface area contributed by atoms with Gasteiger partial charge in [0.15, 0.2) is 5.69 Å². The SMILES string of the molecule is C[Si](C)(C)CCOCn1cc(-c2ccn(Cc3nc(C(=O)O)co3)c(=O)n2)cn1. The van der Waals surface area contributed by atoms with Crippen LogP contribution in [0.2, 0.25) is 25.7 Å². The second kappa shape index (κ2) is 8.53. The summed E-state index contributed by atoms with van der Waals surface area (Å²) in [4.78, 5) is 31.0. The maximum atomic E-state index is 12.3. The molecular formula is C18H23N5O5Si. The Morgan fingerprint density at radius 3 is 2.76 bits per heavy atom. The van der Waals surface area contributed by atoms with Crippen molar-refractivity contribution < 1.29 is 19.1 Å². The summed E-state index contributed by atoms with van der Waals surface area (Å²) in [6.07, 6.45) is 5.98. The van der Waals surface area contributed by atoms with E-state index in [2.05, 4.69) is 34.7 Å². The van der Waals surface area contributed by atoms with Crippen molar-refractivity contribution in [2.24, 2.45) is 0 Å². The molecule has 0 aliphatic carbocycles. The Kier molecular flexibility index (Phi) is 6.08. The van der Waals surface area contributed by atoms with E-state index in [0.29, 0.717) is 24.6 Å². The van der Waals surface area contributed by atoms with Gasteiger partial charge in [0.2, 0.25) is 5.89 Å². The lowest BCUT2D eigenvalue weighted by Crippen LogP contribution is -2.23. The molecule has 1 N–H and O–H groups in total. The Morgan fingerprint density at radius 1 is 1.31 bits per heavy atom. The lowest BCUT2D eigenvalue weighted by Gasteiger charge is -2.15. The van der Waals surface area contributed by atoms with Crippen molar-refractivity contribution in [1.29, 1.82) is 0 Å². The van der Waals surface area contributed by atoms with Crippen molar-refractivity contribution in [2.45, 2.75) is 39.0 Å². The molecule has 3 aromatic heterocycles. The molecule has 0 amide bonds. The summed E-state index contributed by atoms with van der Waals surface area (Å²) in [6, 6.07) is 2.76. The van der Waals surface area contributed by atoms with Gasteiger partial charge < -0.3 is 14.3 Å². The van der Waals surface area contributed by atoms with Crippen molar-refractivity contribution >= 4 is 14.0 Å². The molecule has 0 bridgehead atoms. The highest BCUT2D eigenvalue weighted by Gasteiger charge is 2.13. The van der Waals surface area contributed by atoms with Gasteiger partial charge >= 0.3 is 11.7 Å². The first kappa shape index (κ1) is 20.7. The van der Waals surface area contributed by atoms with Gasteiger partial charge in [-0.1, -0.05) is 19.6 Å². The second-order valence-corrected chi connectivity index (χ2v) is 13.4. The van der Waals surface area contributed by atoms with Crippen LogP contribution >= 0.6 is 0 Å². The summed E-state index contributed by atoms with van der Waals surface area (Å²) in [5.74, 6) is -1.08. The quantitative estimate of drug-likeness (QED) is 0.415. The molecule has 0 spiro atoms. The van der Waals surface area contributed by atoms with E-state index in [-0.39, 0.29) is 18.1 Å². The molecule has 11 heteroatoms. The van der Waals surface area contributed by atoms with E-state index in [1.165, 1.54) is 4.57 Å². The van der Waals surface area contributed by atoms with E-state index in [1.54, 1.807) is 29.3 Å². The van der Waals surface area contributed by atoms with E-state index in [1.807, 2.05) is 0 Å². The van der Waals surface area contributed by atoms with Crippen LogP contribution in [-0.4, -0.2) is 50.1 Å². The average Bonchev–Trinajstić information content (AvgIpc) is 3.29. The fourth-order valence-electron chi connectivity index (χ4n) is 2.44. The maximum Gasteiger partial charge on any atom is 0.357 e. The molecule has 0 unspecified atom stereocenters. The molecule has 0 fully saturated rings. The molecule has 0 atom stereocenters. The highest BCUT2D eigenvalue weighted by atomic mass is 28.3. The Bertz CT molecular complexity index is 1050. The van der Waals surface area contributed by atoms with Gasteiger partial charge in [-0.2, -0.15) is 10.1 Å². The Labute approximate surface area is 167 Å². The monoisotopic (exact) mass is 417 g/mol. The second-order valence-electron chi connectivity index (χ2n) is 7.77. The lowest BCUT2D eigenvalue weighted by molar-refractivity contribution is 0.0690. The number of aromatic carboxylic acids is 1. The minimum atomic E-state index is -1.19. The molecule has 0 saturated heterocycles. The summed E-state index contributed by atoms with van der Waals surface area (Å²) < 4.78 is 13.7. The van der Waals surface area contributed by atoms with Crippen LogP contribution in [0.3, 0.4) is 0 Å². The normalized spacial score (nSPS) is 11.7. The Morgan fingerprint density at radius 2 is 2.10 bits per heavy atom. The topological polar surface area (TPSA) is 125 Å². The number of ether oxygens (including phenoxy) is 1. The standard InChI is InChI=1S/C18H23N5O5Si/c1-29(2,3)7-6-27-12-23-9-13(8-19-23)14-4-5-22(18(26)21-14)10-16-20-15(11-28-16)17(24)25/h4-5,8-9,11H,6-7,10,12H2,1-3H3,(H,24,25). The molecule has 0 aliphatic rings. The van der Waals surface area contributed by atoms with E-state index in [4.69, 9.17) is 14.3 Å². The van der Waals surface area contributed by atoms with Gasteiger partial charge in [0.25, 0.3) is 0 Å². The van der Waals surface area contributed by atoms with Crippen molar-refractivity contribution in [3.63, 3.8) is 0 Å². The number of carboxylic acids is 1. The zero-order chi connectivity index (χ0) is 21.0. The number of hydrogen-bond donors (Lipinski definition) is 1. The minimum absolute atomic E-state index is 0.0103. The fourth-order valence-corrected chi connectivity index (χ4v) is 3.20. The third-order valence-corrected chi connectivity index (χ3v) is 5.80. The number of aromatic nitrogens is 5. The van der Waals surface area contributed by atoms with Gasteiger partial charge in [0.05, 0.1) is 11.9 Å². The largest absolute Gasteiger partial charge is 0.476 e. The third-order valence-electron chi connectivity index (χ3n) is 4.10. The molecule has 10 nitrogen and oxygen atoms in total. The highest BCUT2D eigenvalue weighted by Crippen LogP contribution is 2.14. The van der Waals surface area contributed by atoms with Crippen LogP contribution in [0.5, 0.6) is 0 Å². The number of hydrogen-bond acceptors (Lipinski definition) is 7. The fraction of sp³-hybridized carbons (Fsp3) is 0.389. The first-order chi connectivity index (χ1) is 13.7. The Hall–Kier alpha value is -3.05. The van der Waals surface area contributed by atoms with Crippen molar-refractivity contribution in [1.82, 2.24) is 24.3 Å². The highest BCUT2D eigenvalue weighted by molar-refractivity contribution is 6.76. The predicted molar refractivity (Wildman–Crippen MR) is 106 cm³/mol. The number of carbonyl (C=O) groups is 1. The van der Waals surface area contributed by atoms with Crippen LogP contribution in [0.15, 0.2) is 40.1 Å². The van der Waals surface area contributed by atoms with Crippen molar-refractivity contribution in [3.8, 4) is 11.3 Å². The number of carboxylic acid groups (broad SMARTS) is 1. The first-order valence-electron chi connectivity index (χ1n) is 9.07. The summed E-state index contributed by atoms with van der Waals surface area (Å²) in [5, 5.41) is 13.1. The first-order valence-corrected chi connectivity index (χ1v) is 12.8. The van der Waals surface area contributed by atoms with Gasteiger partial charge in [-0.3, -0.25) is 4.57 Å². The van der Waals surface area contributed by atoms with Crippen LogP contribution in [0.4, 0.5) is 0 Å². The number of oxazole rings is 1. The van der Waals surface area contributed by atoms with Gasteiger partial charge in [0.1, 0.15) is 19.5 Å². The number of nitrogens with zero attached hydrogens (tertiary/aromatic N) is 5. The molecule has 3 heterocycles. The van der Waals surface area contributed by atoms with Gasteiger partial charge in [-0.25, -0.2) is 19.3 Å². The zero-order valence-corrected chi connectivity index (χ0v) is 17.5. The smallest absolute Gasteiger partial charge is 0.357 e. The van der Waals surface area contributed by atoms with Crippen LogP contribution < -0.4 is 5.69 Å². The molecule has 3 aromatic rings. The van der Waals surface area contributed by atoms with Crippen LogP contribution in [-0.2, 0) is 18.0 Å². The molecule has 0 aliphatic heterocycles. The van der Waals surface area contributed by atoms with Gasteiger partial charge in [-0.15, -0.1) is 0 Å². The molecule has 154 valence electrons. The zero-order valence-electron chi connectivity index (χ0n) is 16.5. The van der Waals surface area contributed by atoms with E-state index >= 15 is 0 Å². The van der Waals surface area contributed by atoms with Crippen LogP contribution in [0.1, 0.15) is 16.4 Å². The van der Waals surface area contributed by atoms with Crippen LogP contribution in [0, 0.1) is 0 Å². The maximum absolute atomic E-state index is 12.3. The van der Waals surface area contributed by atoms with Crippen molar-refractivity contribution in [3.05, 3.63) is 53.0 Å². The summed E-state index contributed by atoms with van der Waals surface area (Å²) >= 11 is 0. The van der Waals surface area contributed by atoms with E-state index in [9.17, 15) is 9.59 Å². The van der Waals surface area contributed by atoms with E-state index < -0.39 is 19.7 Å². The summed E-state index contributed by atoms with van der Waals surface area (Å²) in [7, 11) is -1.13. The molecule has 0 radical (unpaired) electrons.